The Morgan fingerprint density at radius 2 is 2.25 bits per heavy atom. The van der Waals surface area contributed by atoms with Crippen LogP contribution in [0, 0.1) is 0 Å². The lowest BCUT2D eigenvalue weighted by Crippen LogP contribution is -2.34. The number of hydrogen-bond donors (Lipinski definition) is 1. The highest BCUT2D eigenvalue weighted by Crippen LogP contribution is 2.29. The Morgan fingerprint density at radius 3 is 3.10 bits per heavy atom. The zero-order chi connectivity index (χ0) is 13.9. The Hall–Kier alpha value is -2.38. The highest BCUT2D eigenvalue weighted by atomic mass is 16.5. The van der Waals surface area contributed by atoms with Gasteiger partial charge >= 0.3 is 0 Å². The van der Waals surface area contributed by atoms with Gasteiger partial charge in [-0.25, -0.2) is 4.98 Å². The smallest absolute Gasteiger partial charge is 0.242 e. The van der Waals surface area contributed by atoms with E-state index < -0.39 is 0 Å². The molecule has 0 saturated carbocycles. The van der Waals surface area contributed by atoms with E-state index in [1.54, 1.807) is 6.33 Å². The van der Waals surface area contributed by atoms with Crippen molar-refractivity contribution >= 4 is 11.5 Å². The summed E-state index contributed by atoms with van der Waals surface area (Å²) in [7, 11) is 0. The number of rotatable bonds is 4. The molecule has 2 N–H and O–H groups in total. The SMILES string of the molecule is CCCOc1ncnc(N2CCn3cnnc3C2)c1N. The molecule has 3 heterocycles. The molecule has 8 nitrogen and oxygen atoms in total. The molecule has 106 valence electrons. The summed E-state index contributed by atoms with van der Waals surface area (Å²) in [5, 5.41) is 8.00. The Morgan fingerprint density at radius 1 is 1.35 bits per heavy atom. The zero-order valence-electron chi connectivity index (χ0n) is 11.4. The van der Waals surface area contributed by atoms with Gasteiger partial charge in [0.15, 0.2) is 11.6 Å². The van der Waals surface area contributed by atoms with Crippen molar-refractivity contribution in [2.45, 2.75) is 26.4 Å². The molecule has 0 saturated heterocycles. The van der Waals surface area contributed by atoms with E-state index in [1.165, 1.54) is 6.33 Å². The molecule has 8 heteroatoms. The predicted octanol–water partition coefficient (Wildman–Crippen LogP) is 0.459. The van der Waals surface area contributed by atoms with E-state index in [1.807, 2.05) is 11.5 Å². The molecule has 3 rings (SSSR count). The molecular weight excluding hydrogens is 258 g/mol. The molecule has 0 fully saturated rings. The first kappa shape index (κ1) is 12.6. The summed E-state index contributed by atoms with van der Waals surface area (Å²) in [6.45, 7) is 4.88. The second kappa shape index (κ2) is 5.32. The van der Waals surface area contributed by atoms with E-state index >= 15 is 0 Å². The topological polar surface area (TPSA) is 95.0 Å². The molecule has 0 bridgehead atoms. The van der Waals surface area contributed by atoms with Gasteiger partial charge < -0.3 is 19.9 Å². The van der Waals surface area contributed by atoms with E-state index in [0.29, 0.717) is 30.5 Å². The minimum absolute atomic E-state index is 0.448. The Bertz CT molecular complexity index is 597. The number of nitrogen functional groups attached to an aromatic ring is 1. The van der Waals surface area contributed by atoms with Crippen molar-refractivity contribution in [3.63, 3.8) is 0 Å². The third-order valence-corrected chi connectivity index (χ3v) is 3.21. The van der Waals surface area contributed by atoms with Crippen LogP contribution in [0.4, 0.5) is 11.5 Å². The first-order chi connectivity index (χ1) is 9.79. The number of nitrogens with two attached hydrogens (primary N) is 1. The van der Waals surface area contributed by atoms with Gasteiger partial charge in [0, 0.05) is 13.1 Å². The van der Waals surface area contributed by atoms with Gasteiger partial charge in [0.1, 0.15) is 18.3 Å². The lowest BCUT2D eigenvalue weighted by Gasteiger charge is -2.28. The molecule has 1 aliphatic rings. The number of hydrogen-bond acceptors (Lipinski definition) is 7. The van der Waals surface area contributed by atoms with Crippen LogP contribution in [0.15, 0.2) is 12.7 Å². The summed E-state index contributed by atoms with van der Waals surface area (Å²) in [5.41, 5.74) is 6.60. The van der Waals surface area contributed by atoms with Crippen molar-refractivity contribution in [1.29, 1.82) is 0 Å². The molecular formula is C12H17N7O. The third-order valence-electron chi connectivity index (χ3n) is 3.21. The monoisotopic (exact) mass is 275 g/mol. The fraction of sp³-hybridized carbons (Fsp3) is 0.500. The minimum atomic E-state index is 0.448. The van der Waals surface area contributed by atoms with E-state index in [4.69, 9.17) is 10.5 Å². The van der Waals surface area contributed by atoms with Crippen LogP contribution in [0.5, 0.6) is 5.88 Å². The molecule has 0 unspecified atom stereocenters. The summed E-state index contributed by atoms with van der Waals surface area (Å²) in [4.78, 5) is 10.4. The first-order valence-electron chi connectivity index (χ1n) is 6.64. The van der Waals surface area contributed by atoms with Crippen molar-refractivity contribution < 1.29 is 4.74 Å². The average Bonchev–Trinajstić information content (AvgIpc) is 2.93. The van der Waals surface area contributed by atoms with Crippen molar-refractivity contribution in [2.75, 3.05) is 23.8 Å². The van der Waals surface area contributed by atoms with Gasteiger partial charge in [-0.2, -0.15) is 4.98 Å². The van der Waals surface area contributed by atoms with Crippen molar-refractivity contribution in [2.24, 2.45) is 0 Å². The van der Waals surface area contributed by atoms with Crippen LogP contribution in [-0.2, 0) is 13.1 Å². The third kappa shape index (κ3) is 2.24. The van der Waals surface area contributed by atoms with Gasteiger partial charge in [0.2, 0.25) is 5.88 Å². The minimum Gasteiger partial charge on any atom is -0.476 e. The molecule has 2 aromatic heterocycles. The molecule has 0 radical (unpaired) electrons. The Balaban J connectivity index is 1.84. The maximum Gasteiger partial charge on any atom is 0.242 e. The second-order valence-electron chi connectivity index (χ2n) is 4.63. The van der Waals surface area contributed by atoms with Crippen molar-refractivity contribution in [3.05, 3.63) is 18.5 Å². The zero-order valence-corrected chi connectivity index (χ0v) is 11.4. The van der Waals surface area contributed by atoms with Crippen LogP contribution in [0.1, 0.15) is 19.2 Å². The largest absolute Gasteiger partial charge is 0.476 e. The van der Waals surface area contributed by atoms with Gasteiger partial charge in [0.05, 0.1) is 13.2 Å². The van der Waals surface area contributed by atoms with E-state index in [9.17, 15) is 0 Å². The standard InChI is InChI=1S/C12H17N7O/c1-2-5-20-12-10(13)11(14-7-15-12)18-3-4-19-8-16-17-9(19)6-18/h7-8H,2-6,13H2,1H3. The highest BCUT2D eigenvalue weighted by molar-refractivity contribution is 5.67. The van der Waals surface area contributed by atoms with E-state index in [0.717, 1.165) is 25.3 Å². The van der Waals surface area contributed by atoms with Gasteiger partial charge in [-0.3, -0.25) is 0 Å². The van der Waals surface area contributed by atoms with Gasteiger partial charge in [-0.15, -0.1) is 10.2 Å². The number of ether oxygens (including phenoxy) is 1. The summed E-state index contributed by atoms with van der Waals surface area (Å²) in [6.07, 6.45) is 4.13. The molecule has 0 atom stereocenters. The Kier molecular flexibility index (Phi) is 3.36. The number of anilines is 2. The van der Waals surface area contributed by atoms with Crippen LogP contribution in [0.2, 0.25) is 0 Å². The van der Waals surface area contributed by atoms with Crippen molar-refractivity contribution in [3.8, 4) is 5.88 Å². The summed E-state index contributed by atoms with van der Waals surface area (Å²) in [5.74, 6) is 2.05. The summed E-state index contributed by atoms with van der Waals surface area (Å²) in [6, 6.07) is 0. The fourth-order valence-electron chi connectivity index (χ4n) is 2.18. The molecule has 2 aromatic rings. The van der Waals surface area contributed by atoms with E-state index in [-0.39, 0.29) is 0 Å². The normalized spacial score (nSPS) is 14.2. The quantitative estimate of drug-likeness (QED) is 0.866. The lowest BCUT2D eigenvalue weighted by atomic mass is 10.3. The molecule has 1 aliphatic heterocycles. The van der Waals surface area contributed by atoms with Crippen LogP contribution in [0.3, 0.4) is 0 Å². The lowest BCUT2D eigenvalue weighted by molar-refractivity contribution is 0.306. The predicted molar refractivity (Wildman–Crippen MR) is 73.3 cm³/mol. The first-order valence-corrected chi connectivity index (χ1v) is 6.64. The fourth-order valence-corrected chi connectivity index (χ4v) is 2.18. The molecule has 0 aliphatic carbocycles. The maximum absolute atomic E-state index is 6.12. The van der Waals surface area contributed by atoms with Crippen LogP contribution >= 0.6 is 0 Å². The number of fused-ring (bicyclic) bond motifs is 1. The maximum atomic E-state index is 6.12. The van der Waals surface area contributed by atoms with Crippen molar-refractivity contribution in [1.82, 2.24) is 24.7 Å². The Labute approximate surface area is 116 Å². The molecule has 0 amide bonds. The number of aromatic nitrogens is 5. The second-order valence-corrected chi connectivity index (χ2v) is 4.63. The highest BCUT2D eigenvalue weighted by Gasteiger charge is 2.22. The average molecular weight is 275 g/mol. The summed E-state index contributed by atoms with van der Waals surface area (Å²) >= 11 is 0. The van der Waals surface area contributed by atoms with Gasteiger partial charge in [0.25, 0.3) is 0 Å². The van der Waals surface area contributed by atoms with Gasteiger partial charge in [-0.05, 0) is 6.42 Å². The van der Waals surface area contributed by atoms with Crippen LogP contribution in [0.25, 0.3) is 0 Å². The summed E-state index contributed by atoms with van der Waals surface area (Å²) < 4.78 is 7.57. The van der Waals surface area contributed by atoms with Crippen LogP contribution in [-0.4, -0.2) is 37.9 Å². The van der Waals surface area contributed by atoms with E-state index in [2.05, 4.69) is 25.1 Å². The molecule has 0 aromatic carbocycles. The molecule has 0 spiro atoms. The van der Waals surface area contributed by atoms with Gasteiger partial charge in [-0.1, -0.05) is 6.92 Å². The van der Waals surface area contributed by atoms with Crippen LogP contribution < -0.4 is 15.4 Å². The number of nitrogens with zero attached hydrogens (tertiary/aromatic N) is 6. The molecule has 20 heavy (non-hydrogen) atoms.